The average Bonchev–Trinajstić information content (AvgIpc) is 2.35. The van der Waals surface area contributed by atoms with Crippen molar-refractivity contribution in [3.05, 3.63) is 69.9 Å². The number of Topliss-reactive ketones (excluding diaryl/α,β-unsaturated/α-hetero) is 1. The van der Waals surface area contributed by atoms with Gasteiger partial charge in [-0.3, -0.25) is 4.79 Å². The van der Waals surface area contributed by atoms with E-state index in [1.165, 1.54) is 12.1 Å². The molecule has 0 fully saturated rings. The highest BCUT2D eigenvalue weighted by Crippen LogP contribution is 2.12. The Morgan fingerprint density at radius 3 is 1.83 bits per heavy atom. The number of rotatable bonds is 4. The van der Waals surface area contributed by atoms with Gasteiger partial charge in [-0.15, -0.1) is 0 Å². The zero-order valence-corrected chi connectivity index (χ0v) is 11.3. The van der Waals surface area contributed by atoms with Crippen LogP contribution in [-0.2, 0) is 17.6 Å². The number of hydrogen-bond donors (Lipinski definition) is 0. The summed E-state index contributed by atoms with van der Waals surface area (Å²) in [4.78, 5) is 11.8. The monoisotopic (exact) mass is 306 g/mol. The molecule has 0 unspecified atom stereocenters. The van der Waals surface area contributed by atoms with Gasteiger partial charge >= 0.3 is 0 Å². The Labute approximate surface area is 114 Å². The maximum absolute atomic E-state index is 12.7. The van der Waals surface area contributed by atoms with E-state index in [-0.39, 0.29) is 11.6 Å². The van der Waals surface area contributed by atoms with Gasteiger partial charge in [-0.05, 0) is 35.4 Å². The van der Waals surface area contributed by atoms with Gasteiger partial charge in [0.2, 0.25) is 0 Å². The molecule has 0 radical (unpaired) electrons. The summed E-state index contributed by atoms with van der Waals surface area (Å²) in [6.45, 7) is 0. The van der Waals surface area contributed by atoms with Crippen LogP contribution in [-0.4, -0.2) is 5.78 Å². The van der Waals surface area contributed by atoms with Crippen molar-refractivity contribution in [2.24, 2.45) is 0 Å². The van der Waals surface area contributed by atoms with Crippen molar-refractivity contribution < 1.29 is 9.18 Å². The second kappa shape index (κ2) is 5.91. The Kier molecular flexibility index (Phi) is 4.26. The van der Waals surface area contributed by atoms with Gasteiger partial charge in [-0.25, -0.2) is 4.39 Å². The molecule has 0 saturated heterocycles. The fraction of sp³-hybridized carbons (Fsp3) is 0.133. The molecule has 1 nitrogen and oxygen atoms in total. The van der Waals surface area contributed by atoms with Crippen LogP contribution in [0.5, 0.6) is 0 Å². The lowest BCUT2D eigenvalue weighted by atomic mass is 10.0. The largest absolute Gasteiger partial charge is 0.299 e. The lowest BCUT2D eigenvalue weighted by molar-refractivity contribution is -0.117. The van der Waals surface area contributed by atoms with E-state index in [0.29, 0.717) is 12.8 Å². The standard InChI is InChI=1S/C15H12BrFO/c16-13-5-1-11(2-6-13)9-15(18)10-12-3-7-14(17)8-4-12/h1-8H,9-10H2. The summed E-state index contributed by atoms with van der Waals surface area (Å²) in [6, 6.07) is 13.7. The van der Waals surface area contributed by atoms with Gasteiger partial charge in [0.1, 0.15) is 11.6 Å². The van der Waals surface area contributed by atoms with Crippen LogP contribution in [0.25, 0.3) is 0 Å². The van der Waals surface area contributed by atoms with Crippen LogP contribution in [0.15, 0.2) is 53.0 Å². The molecule has 0 spiro atoms. The van der Waals surface area contributed by atoms with Gasteiger partial charge < -0.3 is 0 Å². The molecule has 0 bridgehead atoms. The van der Waals surface area contributed by atoms with Gasteiger partial charge in [0, 0.05) is 17.3 Å². The van der Waals surface area contributed by atoms with Crippen LogP contribution in [0.2, 0.25) is 0 Å². The second-order valence-electron chi connectivity index (χ2n) is 4.15. The first-order valence-corrected chi connectivity index (χ1v) is 6.43. The molecule has 0 heterocycles. The van der Waals surface area contributed by atoms with E-state index in [1.54, 1.807) is 12.1 Å². The summed E-state index contributed by atoms with van der Waals surface area (Å²) in [5, 5.41) is 0. The predicted molar refractivity (Wildman–Crippen MR) is 73.0 cm³/mol. The third kappa shape index (κ3) is 3.77. The van der Waals surface area contributed by atoms with Gasteiger partial charge in [0.15, 0.2) is 0 Å². The molecule has 2 rings (SSSR count). The number of ketones is 1. The van der Waals surface area contributed by atoms with Crippen LogP contribution >= 0.6 is 15.9 Å². The Morgan fingerprint density at radius 1 is 0.889 bits per heavy atom. The number of halogens is 2. The van der Waals surface area contributed by atoms with Gasteiger partial charge in [-0.1, -0.05) is 40.2 Å². The topological polar surface area (TPSA) is 17.1 Å². The number of carbonyl (C=O) groups excluding carboxylic acids is 1. The molecule has 0 aliphatic carbocycles. The normalized spacial score (nSPS) is 10.3. The minimum Gasteiger partial charge on any atom is -0.299 e. The molecule has 0 aliphatic rings. The lowest BCUT2D eigenvalue weighted by Crippen LogP contribution is -2.06. The second-order valence-corrected chi connectivity index (χ2v) is 5.06. The zero-order chi connectivity index (χ0) is 13.0. The summed E-state index contributed by atoms with van der Waals surface area (Å²) in [5.41, 5.74) is 1.84. The molecule has 0 N–H and O–H groups in total. The van der Waals surface area contributed by atoms with Crippen LogP contribution in [0.1, 0.15) is 11.1 Å². The first kappa shape index (κ1) is 13.0. The van der Waals surface area contributed by atoms with Gasteiger partial charge in [0.05, 0.1) is 0 Å². The minimum absolute atomic E-state index is 0.129. The Bertz CT molecular complexity index is 482. The number of carbonyl (C=O) groups is 1. The summed E-state index contributed by atoms with van der Waals surface area (Å²) in [7, 11) is 0. The fourth-order valence-electron chi connectivity index (χ4n) is 1.72. The van der Waals surface area contributed by atoms with Gasteiger partial charge in [0.25, 0.3) is 0 Å². The van der Waals surface area contributed by atoms with E-state index >= 15 is 0 Å². The van der Waals surface area contributed by atoms with E-state index in [1.807, 2.05) is 24.3 Å². The van der Waals surface area contributed by atoms with Crippen molar-refractivity contribution in [2.45, 2.75) is 12.8 Å². The van der Waals surface area contributed by atoms with Crippen molar-refractivity contribution in [1.82, 2.24) is 0 Å². The van der Waals surface area contributed by atoms with Crippen molar-refractivity contribution in [1.29, 1.82) is 0 Å². The molecule has 0 aromatic heterocycles. The van der Waals surface area contributed by atoms with E-state index < -0.39 is 0 Å². The SMILES string of the molecule is O=C(Cc1ccc(F)cc1)Cc1ccc(Br)cc1. The minimum atomic E-state index is -0.279. The highest BCUT2D eigenvalue weighted by molar-refractivity contribution is 9.10. The maximum Gasteiger partial charge on any atom is 0.141 e. The molecule has 92 valence electrons. The zero-order valence-electron chi connectivity index (χ0n) is 9.70. The van der Waals surface area contributed by atoms with Crippen molar-refractivity contribution in [2.75, 3.05) is 0 Å². The highest BCUT2D eigenvalue weighted by atomic mass is 79.9. The molecule has 3 heteroatoms. The van der Waals surface area contributed by atoms with Crippen LogP contribution in [0, 0.1) is 5.82 Å². The first-order valence-electron chi connectivity index (χ1n) is 5.64. The third-order valence-electron chi connectivity index (χ3n) is 2.63. The molecular weight excluding hydrogens is 295 g/mol. The summed E-state index contributed by atoms with van der Waals surface area (Å²) in [6.07, 6.45) is 0.751. The molecule has 2 aromatic carbocycles. The smallest absolute Gasteiger partial charge is 0.141 e. The van der Waals surface area contributed by atoms with E-state index in [4.69, 9.17) is 0 Å². The van der Waals surface area contributed by atoms with Crippen molar-refractivity contribution in [3.63, 3.8) is 0 Å². The van der Waals surface area contributed by atoms with Gasteiger partial charge in [-0.2, -0.15) is 0 Å². The number of hydrogen-bond acceptors (Lipinski definition) is 1. The Morgan fingerprint density at radius 2 is 1.33 bits per heavy atom. The van der Waals surface area contributed by atoms with E-state index in [0.717, 1.165) is 15.6 Å². The van der Waals surface area contributed by atoms with E-state index in [2.05, 4.69) is 15.9 Å². The quantitative estimate of drug-likeness (QED) is 0.836. The van der Waals surface area contributed by atoms with Crippen molar-refractivity contribution >= 4 is 21.7 Å². The molecule has 18 heavy (non-hydrogen) atoms. The molecule has 0 atom stereocenters. The summed E-state index contributed by atoms with van der Waals surface area (Å²) < 4.78 is 13.7. The molecule has 2 aromatic rings. The Balaban J connectivity index is 1.96. The molecule has 0 amide bonds. The van der Waals surface area contributed by atoms with E-state index in [9.17, 15) is 9.18 Å². The third-order valence-corrected chi connectivity index (χ3v) is 3.16. The average molecular weight is 307 g/mol. The lowest BCUT2D eigenvalue weighted by Gasteiger charge is -2.02. The molecule has 0 aliphatic heterocycles. The van der Waals surface area contributed by atoms with Crippen LogP contribution in [0.4, 0.5) is 4.39 Å². The van der Waals surface area contributed by atoms with Crippen molar-refractivity contribution in [3.8, 4) is 0 Å². The maximum atomic E-state index is 12.7. The van der Waals surface area contributed by atoms with Crippen LogP contribution in [0.3, 0.4) is 0 Å². The van der Waals surface area contributed by atoms with Crippen LogP contribution < -0.4 is 0 Å². The predicted octanol–water partition coefficient (Wildman–Crippen LogP) is 3.94. The molecular formula is C15H12BrFO. The Hall–Kier alpha value is -1.48. The highest BCUT2D eigenvalue weighted by Gasteiger charge is 2.05. The first-order chi connectivity index (χ1) is 8.63. The number of benzene rings is 2. The fourth-order valence-corrected chi connectivity index (χ4v) is 1.99. The molecule has 0 saturated carbocycles. The summed E-state index contributed by atoms with van der Waals surface area (Å²) >= 11 is 3.35. The summed E-state index contributed by atoms with van der Waals surface area (Å²) in [5.74, 6) is -0.150.